The van der Waals surface area contributed by atoms with E-state index in [9.17, 15) is 14.9 Å². The van der Waals surface area contributed by atoms with Crippen molar-refractivity contribution in [3.8, 4) is 11.5 Å². The maximum atomic E-state index is 12.9. The molecule has 0 saturated heterocycles. The minimum absolute atomic E-state index is 0.140. The SMILES string of the molecule is CCOc1ccc2nc3sc(C(=O)Nc4ccc([N+](=O)[O-])cc4OC)c(N)c3cc2c1. The maximum Gasteiger partial charge on any atom is 0.273 e. The fourth-order valence-electron chi connectivity index (χ4n) is 3.18. The summed E-state index contributed by atoms with van der Waals surface area (Å²) in [4.78, 5) is 28.9. The van der Waals surface area contributed by atoms with Crippen LogP contribution in [0, 0.1) is 10.1 Å². The summed E-state index contributed by atoms with van der Waals surface area (Å²) in [7, 11) is 1.37. The molecule has 4 rings (SSSR count). The van der Waals surface area contributed by atoms with E-state index in [0.717, 1.165) is 16.7 Å². The number of anilines is 2. The van der Waals surface area contributed by atoms with Crippen LogP contribution in [0.1, 0.15) is 16.6 Å². The molecule has 0 unspecified atom stereocenters. The first-order valence-electron chi connectivity index (χ1n) is 9.30. The number of thiophene rings is 1. The van der Waals surface area contributed by atoms with E-state index in [2.05, 4.69) is 10.3 Å². The molecule has 4 aromatic rings. The number of amides is 1. The van der Waals surface area contributed by atoms with Crippen molar-refractivity contribution in [3.63, 3.8) is 0 Å². The quantitative estimate of drug-likeness (QED) is 0.332. The second-order valence-corrected chi connectivity index (χ2v) is 7.57. The lowest BCUT2D eigenvalue weighted by molar-refractivity contribution is -0.384. The zero-order chi connectivity index (χ0) is 22.1. The van der Waals surface area contributed by atoms with Gasteiger partial charge in [-0.25, -0.2) is 4.98 Å². The third kappa shape index (κ3) is 3.80. The average molecular weight is 438 g/mol. The average Bonchev–Trinajstić information content (AvgIpc) is 3.08. The Morgan fingerprint density at radius 2 is 2.06 bits per heavy atom. The molecule has 2 aromatic heterocycles. The summed E-state index contributed by atoms with van der Waals surface area (Å²) in [5.74, 6) is 0.453. The molecule has 0 aliphatic carbocycles. The summed E-state index contributed by atoms with van der Waals surface area (Å²) in [6, 6.07) is 11.4. The van der Waals surface area contributed by atoms with E-state index in [1.165, 1.54) is 36.6 Å². The van der Waals surface area contributed by atoms with Gasteiger partial charge in [-0.15, -0.1) is 11.3 Å². The van der Waals surface area contributed by atoms with Crippen molar-refractivity contribution in [2.75, 3.05) is 24.8 Å². The minimum Gasteiger partial charge on any atom is -0.494 e. The Labute approximate surface area is 180 Å². The van der Waals surface area contributed by atoms with E-state index in [1.807, 2.05) is 31.2 Å². The number of rotatable bonds is 6. The van der Waals surface area contributed by atoms with Crippen LogP contribution in [0.25, 0.3) is 21.1 Å². The van der Waals surface area contributed by atoms with Crippen LogP contribution in [0.2, 0.25) is 0 Å². The zero-order valence-electron chi connectivity index (χ0n) is 16.7. The van der Waals surface area contributed by atoms with Crippen LogP contribution in [0.4, 0.5) is 17.1 Å². The highest BCUT2D eigenvalue weighted by Crippen LogP contribution is 2.36. The molecule has 31 heavy (non-hydrogen) atoms. The van der Waals surface area contributed by atoms with Crippen LogP contribution in [0.15, 0.2) is 42.5 Å². The van der Waals surface area contributed by atoms with Crippen LogP contribution >= 0.6 is 11.3 Å². The molecule has 2 heterocycles. The molecule has 0 saturated carbocycles. The van der Waals surface area contributed by atoms with Crippen molar-refractivity contribution >= 4 is 55.4 Å². The predicted molar refractivity (Wildman–Crippen MR) is 120 cm³/mol. The monoisotopic (exact) mass is 438 g/mol. The fraction of sp³-hybridized carbons (Fsp3) is 0.143. The van der Waals surface area contributed by atoms with Crippen LogP contribution in [0.3, 0.4) is 0 Å². The second-order valence-electron chi connectivity index (χ2n) is 6.57. The van der Waals surface area contributed by atoms with E-state index in [1.54, 1.807) is 0 Å². The second kappa shape index (κ2) is 8.07. The number of hydrogen-bond acceptors (Lipinski definition) is 8. The number of carbonyl (C=O) groups is 1. The fourth-order valence-corrected chi connectivity index (χ4v) is 4.16. The van der Waals surface area contributed by atoms with Gasteiger partial charge in [-0.2, -0.15) is 0 Å². The number of nitrogens with zero attached hydrogens (tertiary/aromatic N) is 2. The largest absolute Gasteiger partial charge is 0.494 e. The van der Waals surface area contributed by atoms with E-state index in [-0.39, 0.29) is 11.4 Å². The van der Waals surface area contributed by atoms with Gasteiger partial charge in [0.25, 0.3) is 11.6 Å². The Kier molecular flexibility index (Phi) is 5.30. The molecule has 10 heteroatoms. The molecule has 3 N–H and O–H groups in total. The van der Waals surface area contributed by atoms with Gasteiger partial charge in [0, 0.05) is 16.8 Å². The first-order valence-corrected chi connectivity index (χ1v) is 10.1. The zero-order valence-corrected chi connectivity index (χ0v) is 17.5. The van der Waals surface area contributed by atoms with Crippen LogP contribution in [-0.2, 0) is 0 Å². The van der Waals surface area contributed by atoms with Crippen LogP contribution in [-0.4, -0.2) is 29.5 Å². The van der Waals surface area contributed by atoms with Gasteiger partial charge in [-0.1, -0.05) is 0 Å². The van der Waals surface area contributed by atoms with Gasteiger partial charge in [-0.3, -0.25) is 14.9 Å². The molecule has 0 aliphatic rings. The number of hydrogen-bond donors (Lipinski definition) is 2. The van der Waals surface area contributed by atoms with Gasteiger partial charge >= 0.3 is 0 Å². The Morgan fingerprint density at radius 3 is 2.77 bits per heavy atom. The van der Waals surface area contributed by atoms with Crippen molar-refractivity contribution in [1.29, 1.82) is 0 Å². The van der Waals surface area contributed by atoms with Crippen molar-refractivity contribution in [1.82, 2.24) is 4.98 Å². The number of nitro groups is 1. The van der Waals surface area contributed by atoms with Crippen molar-refractivity contribution in [3.05, 3.63) is 57.5 Å². The van der Waals surface area contributed by atoms with Crippen molar-refractivity contribution in [2.45, 2.75) is 6.92 Å². The highest BCUT2D eigenvalue weighted by molar-refractivity contribution is 7.21. The first-order chi connectivity index (χ1) is 14.9. The lowest BCUT2D eigenvalue weighted by atomic mass is 10.1. The third-order valence-electron chi connectivity index (χ3n) is 4.65. The summed E-state index contributed by atoms with van der Waals surface area (Å²) in [6.45, 7) is 2.46. The van der Waals surface area contributed by atoms with Gasteiger partial charge in [0.2, 0.25) is 0 Å². The summed E-state index contributed by atoms with van der Waals surface area (Å²) >= 11 is 1.17. The van der Waals surface area contributed by atoms with Crippen LogP contribution < -0.4 is 20.5 Å². The van der Waals surface area contributed by atoms with E-state index in [0.29, 0.717) is 33.1 Å². The Hall–Kier alpha value is -3.92. The Morgan fingerprint density at radius 1 is 1.26 bits per heavy atom. The number of carbonyl (C=O) groups excluding carboxylic acids is 1. The number of methoxy groups -OCH3 is 1. The smallest absolute Gasteiger partial charge is 0.273 e. The molecule has 158 valence electrons. The Bertz CT molecular complexity index is 1330. The summed E-state index contributed by atoms with van der Waals surface area (Å²) in [5, 5.41) is 15.2. The topological polar surface area (TPSA) is 130 Å². The molecule has 0 spiro atoms. The molecule has 1 amide bonds. The molecule has 0 aliphatic heterocycles. The van der Waals surface area contributed by atoms with Gasteiger partial charge in [0.15, 0.2) is 0 Å². The van der Waals surface area contributed by atoms with E-state index >= 15 is 0 Å². The summed E-state index contributed by atoms with van der Waals surface area (Å²) in [6.07, 6.45) is 0. The number of nitrogen functional groups attached to an aromatic ring is 1. The first kappa shape index (κ1) is 20.4. The van der Waals surface area contributed by atoms with Crippen LogP contribution in [0.5, 0.6) is 11.5 Å². The maximum absolute atomic E-state index is 12.9. The molecule has 0 fully saturated rings. The molecule has 2 aromatic carbocycles. The number of non-ortho nitro benzene ring substituents is 1. The van der Waals surface area contributed by atoms with Gasteiger partial charge in [-0.05, 0) is 37.3 Å². The highest BCUT2D eigenvalue weighted by atomic mass is 32.1. The lowest BCUT2D eigenvalue weighted by Gasteiger charge is -2.09. The summed E-state index contributed by atoms with van der Waals surface area (Å²) in [5.41, 5.74) is 7.51. The minimum atomic E-state index is -0.536. The van der Waals surface area contributed by atoms with E-state index in [4.69, 9.17) is 15.2 Å². The number of nitrogens with one attached hydrogen (secondary N) is 1. The number of ether oxygens (including phenoxy) is 2. The molecular formula is C21H18N4O5S. The van der Waals surface area contributed by atoms with E-state index < -0.39 is 10.8 Å². The van der Waals surface area contributed by atoms with Gasteiger partial charge in [0.1, 0.15) is 21.2 Å². The number of pyridine rings is 1. The predicted octanol–water partition coefficient (Wildman–Crippen LogP) is 4.60. The lowest BCUT2D eigenvalue weighted by Crippen LogP contribution is -2.12. The molecular weight excluding hydrogens is 420 g/mol. The normalized spacial score (nSPS) is 10.9. The standard InChI is InChI=1S/C21H18N4O5S/c1-3-30-13-5-7-15-11(8-13)9-14-18(22)19(31-21(14)24-15)20(26)23-16-6-4-12(25(27)28)10-17(16)29-2/h4-10H,3,22H2,1-2H3,(H,23,26). The van der Waals surface area contributed by atoms with Gasteiger partial charge in [0.05, 0.1) is 41.6 Å². The number of nitro benzene ring substituents is 1. The number of fused-ring (bicyclic) bond motifs is 2. The molecule has 9 nitrogen and oxygen atoms in total. The van der Waals surface area contributed by atoms with Crippen molar-refractivity contribution < 1.29 is 19.2 Å². The molecule has 0 atom stereocenters. The number of nitrogens with two attached hydrogens (primary N) is 1. The highest BCUT2D eigenvalue weighted by Gasteiger charge is 2.20. The molecule has 0 radical (unpaired) electrons. The third-order valence-corrected chi connectivity index (χ3v) is 5.76. The van der Waals surface area contributed by atoms with Gasteiger partial charge < -0.3 is 20.5 Å². The summed E-state index contributed by atoms with van der Waals surface area (Å²) < 4.78 is 10.7. The number of benzene rings is 2. The molecule has 0 bridgehead atoms. The van der Waals surface area contributed by atoms with Crippen molar-refractivity contribution in [2.24, 2.45) is 0 Å². The number of aromatic nitrogens is 1. The Balaban J connectivity index is 1.70.